The smallest absolute Gasteiger partial charge is 0.141 e. The highest BCUT2D eigenvalue weighted by Gasteiger charge is 2.13. The molecule has 2 heterocycles. The average molecular weight is 232 g/mol. The monoisotopic (exact) mass is 232 g/mol. The molecular formula is C16H12N2. The maximum absolute atomic E-state index is 4.80. The Morgan fingerprint density at radius 3 is 2.61 bits per heavy atom. The third-order valence-corrected chi connectivity index (χ3v) is 3.44. The van der Waals surface area contributed by atoms with Crippen LogP contribution < -0.4 is 21.0 Å². The van der Waals surface area contributed by atoms with Gasteiger partial charge in [0.2, 0.25) is 0 Å². The Bertz CT molecular complexity index is 862. The predicted molar refractivity (Wildman–Crippen MR) is 72.0 cm³/mol. The number of nitrogens with zero attached hydrogens (tertiary/aromatic N) is 2. The van der Waals surface area contributed by atoms with Gasteiger partial charge in [-0.3, -0.25) is 0 Å². The number of rotatable bonds is 0. The van der Waals surface area contributed by atoms with Crippen molar-refractivity contribution in [2.24, 2.45) is 4.99 Å². The van der Waals surface area contributed by atoms with E-state index in [9.17, 15) is 0 Å². The van der Waals surface area contributed by atoms with Crippen molar-refractivity contribution in [3.05, 3.63) is 69.5 Å². The zero-order valence-corrected chi connectivity index (χ0v) is 9.88. The van der Waals surface area contributed by atoms with E-state index >= 15 is 0 Å². The maximum Gasteiger partial charge on any atom is 0.141 e. The van der Waals surface area contributed by atoms with Crippen LogP contribution in [0.5, 0.6) is 0 Å². The Hall–Kier alpha value is -2.35. The van der Waals surface area contributed by atoms with E-state index in [1.54, 1.807) is 0 Å². The highest BCUT2D eigenvalue weighted by Crippen LogP contribution is 2.09. The minimum atomic E-state index is 0.893. The molecule has 18 heavy (non-hydrogen) atoms. The van der Waals surface area contributed by atoms with Gasteiger partial charge in [-0.1, -0.05) is 48.5 Å². The number of hydrogen-bond donors (Lipinski definition) is 0. The Morgan fingerprint density at radius 2 is 1.67 bits per heavy atom. The lowest BCUT2D eigenvalue weighted by molar-refractivity contribution is 0.621. The van der Waals surface area contributed by atoms with Crippen LogP contribution in [-0.4, -0.2) is 11.4 Å². The summed E-state index contributed by atoms with van der Waals surface area (Å²) >= 11 is 0. The zero-order chi connectivity index (χ0) is 11.9. The van der Waals surface area contributed by atoms with Crippen LogP contribution in [0.1, 0.15) is 0 Å². The van der Waals surface area contributed by atoms with Gasteiger partial charge in [-0.2, -0.15) is 0 Å². The summed E-state index contributed by atoms with van der Waals surface area (Å²) in [5.41, 5.74) is 0. The molecule has 0 radical (unpaired) electrons. The molecule has 0 atom stereocenters. The zero-order valence-electron chi connectivity index (χ0n) is 9.88. The molecule has 4 rings (SSSR count). The molecule has 2 aliphatic rings. The lowest BCUT2D eigenvalue weighted by Gasteiger charge is -2.24. The van der Waals surface area contributed by atoms with Crippen molar-refractivity contribution >= 4 is 18.1 Å². The first-order chi connectivity index (χ1) is 8.92. The molecule has 2 aliphatic heterocycles. The predicted octanol–water partition coefficient (Wildman–Crippen LogP) is -0.0802. The van der Waals surface area contributed by atoms with Crippen molar-refractivity contribution in [1.29, 1.82) is 0 Å². The maximum atomic E-state index is 4.80. The second kappa shape index (κ2) is 3.57. The molecule has 0 aliphatic carbocycles. The molecule has 0 unspecified atom stereocenters. The normalized spacial score (nSPS) is 15.6. The van der Waals surface area contributed by atoms with Gasteiger partial charge >= 0.3 is 0 Å². The van der Waals surface area contributed by atoms with Crippen molar-refractivity contribution in [2.45, 2.75) is 0 Å². The number of para-hydroxylation sites is 1. The number of fused-ring (bicyclic) bond motifs is 3. The third-order valence-electron chi connectivity index (χ3n) is 3.44. The van der Waals surface area contributed by atoms with Crippen LogP contribution in [0.2, 0.25) is 0 Å². The van der Waals surface area contributed by atoms with Crippen LogP contribution in [0.25, 0.3) is 18.1 Å². The topological polar surface area (TPSA) is 15.6 Å². The van der Waals surface area contributed by atoms with Crippen LogP contribution in [-0.2, 0) is 0 Å². The van der Waals surface area contributed by atoms with Crippen molar-refractivity contribution in [1.82, 2.24) is 4.90 Å². The molecule has 0 spiro atoms. The Balaban J connectivity index is 2.17. The second-order valence-electron chi connectivity index (χ2n) is 4.57. The molecule has 0 amide bonds. The van der Waals surface area contributed by atoms with E-state index in [0.717, 1.165) is 17.7 Å². The first-order valence-corrected chi connectivity index (χ1v) is 6.14. The molecule has 0 saturated carbocycles. The molecule has 2 nitrogen and oxygen atoms in total. The first kappa shape index (κ1) is 9.66. The van der Waals surface area contributed by atoms with E-state index in [1.807, 2.05) is 6.07 Å². The van der Waals surface area contributed by atoms with Crippen molar-refractivity contribution in [2.75, 3.05) is 6.54 Å². The quantitative estimate of drug-likeness (QED) is 0.620. The fourth-order valence-corrected chi connectivity index (χ4v) is 2.54. The van der Waals surface area contributed by atoms with E-state index in [1.165, 1.54) is 15.7 Å². The lowest BCUT2D eigenvalue weighted by atomic mass is 10.1. The fourth-order valence-electron chi connectivity index (χ4n) is 2.54. The van der Waals surface area contributed by atoms with Gasteiger partial charge in [-0.05, 0) is 11.3 Å². The van der Waals surface area contributed by atoms with Gasteiger partial charge in [-0.15, -0.1) is 0 Å². The first-order valence-electron chi connectivity index (χ1n) is 6.14. The summed E-state index contributed by atoms with van der Waals surface area (Å²) in [5.74, 6) is 1.06. The van der Waals surface area contributed by atoms with Gasteiger partial charge in [0.05, 0.1) is 5.36 Å². The molecule has 86 valence electrons. The van der Waals surface area contributed by atoms with Gasteiger partial charge in [0.25, 0.3) is 0 Å². The van der Waals surface area contributed by atoms with E-state index in [-0.39, 0.29) is 0 Å². The second-order valence-corrected chi connectivity index (χ2v) is 4.57. The van der Waals surface area contributed by atoms with Crippen molar-refractivity contribution < 1.29 is 0 Å². The SMILES string of the molecule is C1=c2ccccc2=NC2=c3ccccc3=CCN12. The lowest BCUT2D eigenvalue weighted by Crippen LogP contribution is -2.42. The fraction of sp³-hybridized carbons (Fsp3) is 0.0625. The van der Waals surface area contributed by atoms with Crippen molar-refractivity contribution in [3.8, 4) is 0 Å². The van der Waals surface area contributed by atoms with Crippen molar-refractivity contribution in [3.63, 3.8) is 0 Å². The third kappa shape index (κ3) is 1.32. The molecular weight excluding hydrogens is 220 g/mol. The van der Waals surface area contributed by atoms with E-state index in [4.69, 9.17) is 4.99 Å². The summed E-state index contributed by atoms with van der Waals surface area (Å²) < 4.78 is 0. The summed E-state index contributed by atoms with van der Waals surface area (Å²) in [6.07, 6.45) is 4.43. The molecule has 0 aromatic heterocycles. The summed E-state index contributed by atoms with van der Waals surface area (Å²) in [4.78, 5) is 7.01. The molecule has 2 heteroatoms. The summed E-state index contributed by atoms with van der Waals surface area (Å²) in [6, 6.07) is 16.7. The van der Waals surface area contributed by atoms with Crippen LogP contribution in [0.15, 0.2) is 53.5 Å². The molecule has 0 N–H and O–H groups in total. The van der Waals surface area contributed by atoms with Gasteiger partial charge in [-0.25, -0.2) is 4.99 Å². The largest absolute Gasteiger partial charge is 0.328 e. The number of hydrogen-bond acceptors (Lipinski definition) is 2. The molecule has 0 fully saturated rings. The van der Waals surface area contributed by atoms with Crippen LogP contribution in [0, 0.1) is 0 Å². The standard InChI is InChI=1S/C16H12N2/c1-3-7-14-12(5-1)9-10-18-11-13-6-2-4-8-15(13)17-16(14)18/h1-9,11H,10H2. The van der Waals surface area contributed by atoms with E-state index in [0.29, 0.717) is 0 Å². The van der Waals surface area contributed by atoms with Gasteiger partial charge < -0.3 is 4.90 Å². The highest BCUT2D eigenvalue weighted by molar-refractivity contribution is 5.57. The molecule has 0 saturated heterocycles. The molecule has 0 bridgehead atoms. The van der Waals surface area contributed by atoms with E-state index < -0.39 is 0 Å². The number of benzene rings is 2. The van der Waals surface area contributed by atoms with Gasteiger partial charge in [0.1, 0.15) is 5.82 Å². The Labute approximate surface area is 105 Å². The summed E-state index contributed by atoms with van der Waals surface area (Å²) in [6.45, 7) is 0.893. The van der Waals surface area contributed by atoms with Crippen LogP contribution >= 0.6 is 0 Å². The summed E-state index contributed by atoms with van der Waals surface area (Å²) in [7, 11) is 0. The minimum absolute atomic E-state index is 0.893. The Kier molecular flexibility index (Phi) is 1.92. The Morgan fingerprint density at radius 1 is 0.889 bits per heavy atom. The van der Waals surface area contributed by atoms with Gasteiger partial charge in [0, 0.05) is 23.2 Å². The van der Waals surface area contributed by atoms with Crippen LogP contribution in [0.3, 0.4) is 0 Å². The molecule has 2 aromatic carbocycles. The van der Waals surface area contributed by atoms with Gasteiger partial charge in [0.15, 0.2) is 0 Å². The van der Waals surface area contributed by atoms with E-state index in [2.05, 4.69) is 59.6 Å². The minimum Gasteiger partial charge on any atom is -0.328 e. The van der Waals surface area contributed by atoms with Crippen LogP contribution in [0.4, 0.5) is 0 Å². The summed E-state index contributed by atoms with van der Waals surface area (Å²) in [5, 5.41) is 4.74. The highest BCUT2D eigenvalue weighted by atomic mass is 15.2. The average Bonchev–Trinajstić information content (AvgIpc) is 2.45. The molecule has 2 aromatic rings.